The molecule has 6 heteroatoms. The molecule has 1 N–H and O–H groups in total. The van der Waals surface area contributed by atoms with E-state index in [9.17, 15) is 9.59 Å². The Hall–Kier alpha value is -2.76. The minimum absolute atomic E-state index is 0.00251. The van der Waals surface area contributed by atoms with Crippen LogP contribution in [0.25, 0.3) is 0 Å². The van der Waals surface area contributed by atoms with E-state index in [0.717, 1.165) is 17.1 Å². The maximum atomic E-state index is 12.3. The fraction of sp³-hybridized carbons (Fsp3) is 0.368. The first-order valence-corrected chi connectivity index (χ1v) is 8.34. The summed E-state index contributed by atoms with van der Waals surface area (Å²) in [4.78, 5) is 26.0. The quantitative estimate of drug-likeness (QED) is 0.907. The summed E-state index contributed by atoms with van der Waals surface area (Å²) in [6.07, 6.45) is 0.223. The van der Waals surface area contributed by atoms with Gasteiger partial charge < -0.3 is 19.4 Å². The largest absolute Gasteiger partial charge is 0.482 e. The zero-order valence-corrected chi connectivity index (χ0v) is 14.7. The second-order valence-corrected chi connectivity index (χ2v) is 6.21. The van der Waals surface area contributed by atoms with Crippen LogP contribution in [0, 0.1) is 13.8 Å². The molecule has 1 aromatic heterocycles. The maximum absolute atomic E-state index is 12.3. The molecule has 1 aliphatic rings. The van der Waals surface area contributed by atoms with Gasteiger partial charge in [-0.05, 0) is 39.0 Å². The first-order valence-electron chi connectivity index (χ1n) is 8.34. The summed E-state index contributed by atoms with van der Waals surface area (Å²) in [6.45, 7) is 6.01. The van der Waals surface area contributed by atoms with E-state index in [0.29, 0.717) is 18.0 Å². The van der Waals surface area contributed by atoms with E-state index in [4.69, 9.17) is 9.15 Å². The van der Waals surface area contributed by atoms with Gasteiger partial charge >= 0.3 is 0 Å². The number of ether oxygens (including phenoxy) is 1. The number of para-hydroxylation sites is 2. The fourth-order valence-electron chi connectivity index (χ4n) is 3.08. The summed E-state index contributed by atoms with van der Waals surface area (Å²) in [5.41, 5.74) is 1.68. The molecule has 0 unspecified atom stereocenters. The molecule has 2 heterocycles. The monoisotopic (exact) mass is 342 g/mol. The van der Waals surface area contributed by atoms with Crippen LogP contribution < -0.4 is 15.0 Å². The number of hydrogen-bond acceptors (Lipinski definition) is 4. The third-order valence-electron chi connectivity index (χ3n) is 4.29. The normalized spacial score (nSPS) is 14.7. The highest BCUT2D eigenvalue weighted by molar-refractivity contribution is 5.98. The van der Waals surface area contributed by atoms with Crippen LogP contribution in [-0.2, 0) is 9.59 Å². The average molecular weight is 342 g/mol. The zero-order valence-electron chi connectivity index (χ0n) is 14.7. The first-order chi connectivity index (χ1) is 12.0. The number of hydrogen-bond donors (Lipinski definition) is 1. The molecule has 0 spiro atoms. The SMILES string of the molecule is Cc1cc([C@H](C)NC(=O)CCN2C(=O)COc3ccccc32)c(C)o1. The van der Waals surface area contributed by atoms with Crippen molar-refractivity contribution in [2.24, 2.45) is 0 Å². The van der Waals surface area contributed by atoms with Gasteiger partial charge in [0, 0.05) is 18.5 Å². The molecule has 2 aromatic rings. The number of benzene rings is 1. The van der Waals surface area contributed by atoms with Gasteiger partial charge in [-0.3, -0.25) is 9.59 Å². The van der Waals surface area contributed by atoms with Gasteiger partial charge in [0.1, 0.15) is 17.3 Å². The van der Waals surface area contributed by atoms with Crippen LogP contribution in [0.3, 0.4) is 0 Å². The number of carbonyl (C=O) groups excluding carboxylic acids is 2. The summed E-state index contributed by atoms with van der Waals surface area (Å²) in [6, 6.07) is 9.14. The van der Waals surface area contributed by atoms with Gasteiger partial charge in [-0.1, -0.05) is 12.1 Å². The predicted molar refractivity (Wildman–Crippen MR) is 93.6 cm³/mol. The number of furan rings is 1. The zero-order chi connectivity index (χ0) is 18.0. The lowest BCUT2D eigenvalue weighted by Crippen LogP contribution is -2.41. The minimum atomic E-state index is -0.141. The number of nitrogens with zero attached hydrogens (tertiary/aromatic N) is 1. The van der Waals surface area contributed by atoms with Gasteiger partial charge in [-0.25, -0.2) is 0 Å². The first kappa shape index (κ1) is 17.1. The van der Waals surface area contributed by atoms with Crippen molar-refractivity contribution in [3.05, 3.63) is 47.4 Å². The molecular formula is C19H22N2O4. The maximum Gasteiger partial charge on any atom is 0.265 e. The molecule has 0 saturated carbocycles. The summed E-state index contributed by atoms with van der Waals surface area (Å²) in [5, 5.41) is 2.96. The lowest BCUT2D eigenvalue weighted by molar-refractivity contribution is -0.122. The minimum Gasteiger partial charge on any atom is -0.482 e. The smallest absolute Gasteiger partial charge is 0.265 e. The van der Waals surface area contributed by atoms with Crippen LogP contribution in [-0.4, -0.2) is 25.0 Å². The highest BCUT2D eigenvalue weighted by atomic mass is 16.5. The molecule has 6 nitrogen and oxygen atoms in total. The molecule has 132 valence electrons. The van der Waals surface area contributed by atoms with E-state index < -0.39 is 0 Å². The van der Waals surface area contributed by atoms with E-state index in [1.807, 2.05) is 51.1 Å². The van der Waals surface area contributed by atoms with Crippen LogP contribution in [0.1, 0.15) is 36.5 Å². The van der Waals surface area contributed by atoms with Crippen molar-refractivity contribution in [1.82, 2.24) is 5.32 Å². The molecule has 0 radical (unpaired) electrons. The van der Waals surface area contributed by atoms with Crippen LogP contribution >= 0.6 is 0 Å². The molecule has 1 aromatic carbocycles. The van der Waals surface area contributed by atoms with Crippen molar-refractivity contribution in [3.63, 3.8) is 0 Å². The van der Waals surface area contributed by atoms with Gasteiger partial charge in [0.25, 0.3) is 5.91 Å². The fourth-order valence-corrected chi connectivity index (χ4v) is 3.08. The molecule has 0 saturated heterocycles. The molecule has 1 atom stereocenters. The number of rotatable bonds is 5. The van der Waals surface area contributed by atoms with Crippen molar-refractivity contribution in [1.29, 1.82) is 0 Å². The Kier molecular flexibility index (Phi) is 4.79. The summed E-state index contributed by atoms with van der Waals surface area (Å²) < 4.78 is 10.9. The second kappa shape index (κ2) is 7.01. The van der Waals surface area contributed by atoms with Crippen molar-refractivity contribution < 1.29 is 18.7 Å². The lowest BCUT2D eigenvalue weighted by Gasteiger charge is -2.29. The van der Waals surface area contributed by atoms with Gasteiger partial charge in [0.05, 0.1) is 11.7 Å². The van der Waals surface area contributed by atoms with Crippen molar-refractivity contribution in [3.8, 4) is 5.75 Å². The van der Waals surface area contributed by atoms with E-state index in [1.54, 1.807) is 4.90 Å². The number of anilines is 1. The van der Waals surface area contributed by atoms with Gasteiger partial charge in [-0.2, -0.15) is 0 Å². The average Bonchev–Trinajstić information content (AvgIpc) is 2.92. The Morgan fingerprint density at radius 3 is 2.80 bits per heavy atom. The second-order valence-electron chi connectivity index (χ2n) is 6.21. The molecule has 3 rings (SSSR count). The number of nitrogens with one attached hydrogen (secondary N) is 1. The molecule has 25 heavy (non-hydrogen) atoms. The number of amides is 2. The predicted octanol–water partition coefficient (Wildman–Crippen LogP) is 2.89. The standard InChI is InChI=1S/C19H22N2O4/c1-12-10-15(14(3)25-12)13(2)20-18(22)8-9-21-16-6-4-5-7-17(16)24-11-19(21)23/h4-7,10,13H,8-9,11H2,1-3H3,(H,20,22)/t13-/m0/s1. The van der Waals surface area contributed by atoms with E-state index >= 15 is 0 Å². The third-order valence-corrected chi connectivity index (χ3v) is 4.29. The number of fused-ring (bicyclic) bond motifs is 1. The Morgan fingerprint density at radius 1 is 1.32 bits per heavy atom. The lowest BCUT2D eigenvalue weighted by atomic mass is 10.1. The van der Waals surface area contributed by atoms with Crippen LogP contribution in [0.5, 0.6) is 5.75 Å². The highest BCUT2D eigenvalue weighted by Gasteiger charge is 2.25. The molecular weight excluding hydrogens is 320 g/mol. The third kappa shape index (κ3) is 3.68. The van der Waals surface area contributed by atoms with E-state index in [-0.39, 0.29) is 30.9 Å². The molecule has 0 bridgehead atoms. The van der Waals surface area contributed by atoms with Crippen molar-refractivity contribution in [2.45, 2.75) is 33.2 Å². The summed E-state index contributed by atoms with van der Waals surface area (Å²) in [7, 11) is 0. The van der Waals surface area contributed by atoms with Gasteiger partial charge in [0.2, 0.25) is 5.91 Å². The van der Waals surface area contributed by atoms with Gasteiger partial charge in [0.15, 0.2) is 6.61 Å². The Morgan fingerprint density at radius 2 is 2.08 bits per heavy atom. The number of carbonyl (C=O) groups is 2. The topological polar surface area (TPSA) is 71.8 Å². The molecule has 2 amide bonds. The Balaban J connectivity index is 1.61. The van der Waals surface area contributed by atoms with Crippen LogP contribution in [0.2, 0.25) is 0 Å². The highest BCUT2D eigenvalue weighted by Crippen LogP contribution is 2.31. The van der Waals surface area contributed by atoms with E-state index in [1.165, 1.54) is 0 Å². The van der Waals surface area contributed by atoms with Crippen molar-refractivity contribution in [2.75, 3.05) is 18.1 Å². The van der Waals surface area contributed by atoms with E-state index in [2.05, 4.69) is 5.32 Å². The number of aryl methyl sites for hydroxylation is 2. The summed E-state index contributed by atoms with van der Waals surface area (Å²) >= 11 is 0. The Labute approximate surface area is 146 Å². The van der Waals surface area contributed by atoms with Crippen LogP contribution in [0.4, 0.5) is 5.69 Å². The molecule has 0 fully saturated rings. The van der Waals surface area contributed by atoms with Crippen molar-refractivity contribution >= 4 is 17.5 Å². The molecule has 1 aliphatic heterocycles. The Bertz CT molecular complexity index is 796. The van der Waals surface area contributed by atoms with Crippen LogP contribution in [0.15, 0.2) is 34.7 Å². The van der Waals surface area contributed by atoms with Gasteiger partial charge in [-0.15, -0.1) is 0 Å². The summed E-state index contributed by atoms with van der Waals surface area (Å²) in [5.74, 6) is 2.05. The molecule has 0 aliphatic carbocycles.